The number of nitrogen functional groups attached to an aromatic ring is 1. The Morgan fingerprint density at radius 2 is 1.92 bits per heavy atom. The fourth-order valence-electron chi connectivity index (χ4n) is 3.21. The Hall–Kier alpha value is -2.38. The number of hydrogen-bond donors (Lipinski definition) is 3. The van der Waals surface area contributed by atoms with E-state index in [0.29, 0.717) is 30.2 Å². The topological polar surface area (TPSA) is 80.8 Å². The van der Waals surface area contributed by atoms with Crippen molar-refractivity contribution >= 4 is 17.2 Å². The van der Waals surface area contributed by atoms with Crippen molar-refractivity contribution in [3.05, 3.63) is 23.5 Å². The Labute approximate surface area is 145 Å². The Morgan fingerprint density at radius 3 is 2.48 bits per heavy atom. The van der Waals surface area contributed by atoms with Gasteiger partial charge in [0.05, 0.1) is 17.1 Å². The smallest absolute Gasteiger partial charge is 0.248 e. The second-order valence-electron chi connectivity index (χ2n) is 6.65. The van der Waals surface area contributed by atoms with Crippen LogP contribution in [0.15, 0.2) is 12.1 Å². The monoisotopic (exact) mass is 350 g/mol. The number of aryl methyl sites for hydroxylation is 2. The largest absolute Gasteiger partial charge is 0.394 e. The summed E-state index contributed by atoms with van der Waals surface area (Å²) in [6, 6.07) is 3.73. The highest BCUT2D eigenvalue weighted by Gasteiger charge is 2.35. The Bertz CT molecular complexity index is 761. The average Bonchev–Trinajstić information content (AvgIpc) is 2.89. The first-order chi connectivity index (χ1) is 11.8. The lowest BCUT2D eigenvalue weighted by molar-refractivity contribution is -0.0361. The molecular weight excluding hydrogens is 326 g/mol. The minimum Gasteiger partial charge on any atom is -0.394 e. The second kappa shape index (κ2) is 6.50. The highest BCUT2D eigenvalue weighted by atomic mass is 19.3. The van der Waals surface area contributed by atoms with E-state index in [-0.39, 0.29) is 18.9 Å². The van der Waals surface area contributed by atoms with Crippen LogP contribution in [-0.2, 0) is 0 Å². The molecule has 0 bridgehead atoms. The molecule has 0 aliphatic heterocycles. The molecule has 4 N–H and O–H groups in total. The van der Waals surface area contributed by atoms with Crippen LogP contribution in [0.4, 0.5) is 26.0 Å². The molecule has 1 aliphatic rings. The molecule has 0 spiro atoms. The number of nitrogens with zero attached hydrogens (tertiary/aromatic N) is 3. The molecule has 136 valence electrons. The number of anilines is 3. The van der Waals surface area contributed by atoms with E-state index in [0.717, 1.165) is 17.1 Å². The molecule has 1 aliphatic carbocycles. The second-order valence-corrected chi connectivity index (χ2v) is 6.65. The highest BCUT2D eigenvalue weighted by Crippen LogP contribution is 2.36. The number of rotatable bonds is 4. The van der Waals surface area contributed by atoms with Crippen molar-refractivity contribution in [2.24, 2.45) is 0 Å². The molecule has 0 unspecified atom stereocenters. The third kappa shape index (κ3) is 3.67. The summed E-state index contributed by atoms with van der Waals surface area (Å²) in [5, 5.41) is 10.8. The van der Waals surface area contributed by atoms with Gasteiger partial charge in [-0.1, -0.05) is 0 Å². The van der Waals surface area contributed by atoms with Crippen LogP contribution in [0, 0.1) is 13.8 Å². The quantitative estimate of drug-likeness (QED) is 0.786. The van der Waals surface area contributed by atoms with Gasteiger partial charge < -0.3 is 16.4 Å². The Morgan fingerprint density at radius 1 is 1.24 bits per heavy atom. The molecular formula is C17H24F2N6. The molecule has 2 aromatic heterocycles. The van der Waals surface area contributed by atoms with Crippen LogP contribution < -0.4 is 16.4 Å². The van der Waals surface area contributed by atoms with Crippen LogP contribution in [-0.4, -0.2) is 33.8 Å². The van der Waals surface area contributed by atoms with Crippen molar-refractivity contribution in [2.75, 3.05) is 23.4 Å². The van der Waals surface area contributed by atoms with Gasteiger partial charge in [0.2, 0.25) is 5.92 Å². The number of aromatic nitrogens is 3. The van der Waals surface area contributed by atoms with Crippen LogP contribution in [0.5, 0.6) is 0 Å². The van der Waals surface area contributed by atoms with E-state index in [2.05, 4.69) is 20.7 Å². The third-order valence-corrected chi connectivity index (χ3v) is 4.60. The molecule has 0 amide bonds. The van der Waals surface area contributed by atoms with Crippen molar-refractivity contribution in [3.8, 4) is 5.82 Å². The number of hydrogen-bond acceptors (Lipinski definition) is 5. The fourth-order valence-corrected chi connectivity index (χ4v) is 3.21. The van der Waals surface area contributed by atoms with Gasteiger partial charge >= 0.3 is 0 Å². The molecule has 0 radical (unpaired) electrons. The lowest BCUT2D eigenvalue weighted by Crippen LogP contribution is -2.32. The number of alkyl halides is 2. The molecule has 1 fully saturated rings. The third-order valence-electron chi connectivity index (χ3n) is 4.60. The zero-order valence-corrected chi connectivity index (χ0v) is 14.7. The predicted molar refractivity (Wildman–Crippen MR) is 95.6 cm³/mol. The van der Waals surface area contributed by atoms with E-state index in [1.807, 2.05) is 26.0 Å². The summed E-state index contributed by atoms with van der Waals surface area (Å²) in [6.07, 6.45) is 0.571. The van der Waals surface area contributed by atoms with Crippen LogP contribution in [0.3, 0.4) is 0 Å². The first-order valence-corrected chi connectivity index (χ1v) is 8.45. The van der Waals surface area contributed by atoms with Gasteiger partial charge in [-0.3, -0.25) is 0 Å². The van der Waals surface area contributed by atoms with E-state index in [1.54, 1.807) is 11.7 Å². The van der Waals surface area contributed by atoms with Gasteiger partial charge in [0, 0.05) is 37.7 Å². The molecule has 8 heteroatoms. The Kier molecular flexibility index (Phi) is 4.53. The molecule has 1 saturated carbocycles. The standard InChI is InChI=1S/C17H24F2N6/c1-10-8-11(2)25(24-10)14-9-13(21-3)15(20)16(23-14)22-12-4-6-17(18,19)7-5-12/h8-9,12H,4-7,20H2,1-3H3,(H2,21,22,23). The van der Waals surface area contributed by atoms with Gasteiger partial charge in [-0.25, -0.2) is 18.4 Å². The van der Waals surface area contributed by atoms with Crippen molar-refractivity contribution in [3.63, 3.8) is 0 Å². The van der Waals surface area contributed by atoms with Gasteiger partial charge in [-0.2, -0.15) is 5.10 Å². The van der Waals surface area contributed by atoms with E-state index in [1.165, 1.54) is 0 Å². The average molecular weight is 350 g/mol. The van der Waals surface area contributed by atoms with Crippen LogP contribution in [0.2, 0.25) is 0 Å². The van der Waals surface area contributed by atoms with Crippen molar-refractivity contribution < 1.29 is 8.78 Å². The van der Waals surface area contributed by atoms with E-state index >= 15 is 0 Å². The summed E-state index contributed by atoms with van der Waals surface area (Å²) in [7, 11) is 1.78. The maximum atomic E-state index is 13.4. The summed E-state index contributed by atoms with van der Waals surface area (Å²) in [5.41, 5.74) is 9.24. The molecule has 3 rings (SSSR count). The first kappa shape index (κ1) is 17.4. The van der Waals surface area contributed by atoms with Crippen molar-refractivity contribution in [1.29, 1.82) is 0 Å². The first-order valence-electron chi connectivity index (χ1n) is 8.45. The number of nitrogens with two attached hydrogens (primary N) is 1. The van der Waals surface area contributed by atoms with E-state index in [9.17, 15) is 8.78 Å². The van der Waals surface area contributed by atoms with Crippen molar-refractivity contribution in [1.82, 2.24) is 14.8 Å². The van der Waals surface area contributed by atoms with Crippen LogP contribution in [0.25, 0.3) is 5.82 Å². The number of nitrogens with one attached hydrogen (secondary N) is 2. The minimum atomic E-state index is -2.56. The van der Waals surface area contributed by atoms with E-state index < -0.39 is 5.92 Å². The summed E-state index contributed by atoms with van der Waals surface area (Å²) in [6.45, 7) is 3.87. The highest BCUT2D eigenvalue weighted by molar-refractivity contribution is 5.79. The number of halogens is 2. The minimum absolute atomic E-state index is 0.0603. The van der Waals surface area contributed by atoms with Crippen molar-refractivity contribution in [2.45, 2.75) is 51.5 Å². The van der Waals surface area contributed by atoms with Gasteiger partial charge in [-0.05, 0) is 32.8 Å². The Balaban J connectivity index is 1.91. The van der Waals surface area contributed by atoms with Gasteiger partial charge in [-0.15, -0.1) is 0 Å². The maximum absolute atomic E-state index is 13.4. The normalized spacial score (nSPS) is 17.5. The maximum Gasteiger partial charge on any atom is 0.248 e. The zero-order valence-electron chi connectivity index (χ0n) is 14.7. The molecule has 6 nitrogen and oxygen atoms in total. The zero-order chi connectivity index (χ0) is 18.2. The van der Waals surface area contributed by atoms with Crippen LogP contribution >= 0.6 is 0 Å². The molecule has 2 aromatic rings. The SMILES string of the molecule is CNc1cc(-n2nc(C)cc2C)nc(NC2CCC(F)(F)CC2)c1N. The summed E-state index contributed by atoms with van der Waals surface area (Å²) >= 11 is 0. The molecule has 25 heavy (non-hydrogen) atoms. The summed E-state index contributed by atoms with van der Waals surface area (Å²) < 4.78 is 28.5. The van der Waals surface area contributed by atoms with Crippen LogP contribution in [0.1, 0.15) is 37.1 Å². The van der Waals surface area contributed by atoms with Gasteiger partial charge in [0.25, 0.3) is 0 Å². The number of pyridine rings is 1. The lowest BCUT2D eigenvalue weighted by atomic mass is 9.92. The van der Waals surface area contributed by atoms with E-state index in [4.69, 9.17) is 5.73 Å². The summed E-state index contributed by atoms with van der Waals surface area (Å²) in [4.78, 5) is 4.59. The van der Waals surface area contributed by atoms with Gasteiger partial charge in [0.15, 0.2) is 11.6 Å². The summed E-state index contributed by atoms with van der Waals surface area (Å²) in [5.74, 6) is -1.42. The fraction of sp³-hybridized carbons (Fsp3) is 0.529. The molecule has 0 atom stereocenters. The molecule has 0 saturated heterocycles. The van der Waals surface area contributed by atoms with Gasteiger partial charge in [0.1, 0.15) is 0 Å². The molecule has 0 aromatic carbocycles. The molecule has 2 heterocycles. The lowest BCUT2D eigenvalue weighted by Gasteiger charge is -2.29. The predicted octanol–water partition coefficient (Wildman–Crippen LogP) is 3.50.